The van der Waals surface area contributed by atoms with Crippen LogP contribution in [0.2, 0.25) is 0 Å². The summed E-state index contributed by atoms with van der Waals surface area (Å²) >= 11 is 0. The largest absolute Gasteiger partial charge is 0.208 e. The summed E-state index contributed by atoms with van der Waals surface area (Å²) < 4.78 is 0. The van der Waals surface area contributed by atoms with E-state index in [4.69, 9.17) is 15.0 Å². The Kier molecular flexibility index (Phi) is 7.93. The molecule has 7 aromatic carbocycles. The second kappa shape index (κ2) is 13.0. The molecule has 1 aromatic heterocycles. The molecule has 0 aliphatic rings. The van der Waals surface area contributed by atoms with Crippen molar-refractivity contribution in [2.45, 2.75) is 6.92 Å². The van der Waals surface area contributed by atoms with Crippen LogP contribution in [-0.2, 0) is 0 Å². The van der Waals surface area contributed by atoms with Gasteiger partial charge in [-0.25, -0.2) is 15.0 Å². The van der Waals surface area contributed by atoms with E-state index >= 15 is 0 Å². The molecular formula is C46H33N3. The number of aromatic nitrogens is 3. The third-order valence-electron chi connectivity index (χ3n) is 9.02. The number of hydrogen-bond acceptors (Lipinski definition) is 3. The highest BCUT2D eigenvalue weighted by atomic mass is 15.0. The Morgan fingerprint density at radius 1 is 0.510 bits per heavy atom. The van der Waals surface area contributed by atoms with Gasteiger partial charge >= 0.3 is 0 Å². The van der Waals surface area contributed by atoms with Gasteiger partial charge in [-0.3, -0.25) is 0 Å². The van der Waals surface area contributed by atoms with E-state index in [1.807, 2.05) is 66.7 Å². The minimum absolute atomic E-state index is 0.593. The van der Waals surface area contributed by atoms with Crippen molar-refractivity contribution < 1.29 is 0 Å². The van der Waals surface area contributed by atoms with Crippen molar-refractivity contribution in [2.24, 2.45) is 0 Å². The van der Waals surface area contributed by atoms with E-state index in [1.165, 1.54) is 43.4 Å². The fraction of sp³-hybridized carbons (Fsp3) is 0.0217. The molecule has 0 N–H and O–H groups in total. The second-order valence-corrected chi connectivity index (χ2v) is 12.1. The molecule has 0 aliphatic carbocycles. The van der Waals surface area contributed by atoms with Gasteiger partial charge in [-0.2, -0.15) is 0 Å². The van der Waals surface area contributed by atoms with E-state index in [-0.39, 0.29) is 0 Å². The summed E-state index contributed by atoms with van der Waals surface area (Å²) in [6.07, 6.45) is 5.90. The minimum atomic E-state index is 0.593. The number of hydrogen-bond donors (Lipinski definition) is 0. The smallest absolute Gasteiger partial charge is 0.164 e. The molecule has 0 bridgehead atoms. The second-order valence-electron chi connectivity index (χ2n) is 12.1. The predicted octanol–water partition coefficient (Wildman–Crippen LogP) is 12.0. The molecule has 0 saturated carbocycles. The third-order valence-corrected chi connectivity index (χ3v) is 9.02. The van der Waals surface area contributed by atoms with Crippen molar-refractivity contribution in [1.82, 2.24) is 15.0 Å². The van der Waals surface area contributed by atoms with Crippen LogP contribution >= 0.6 is 0 Å². The number of fused-ring (bicyclic) bond motifs is 6. The lowest BCUT2D eigenvalue weighted by molar-refractivity contribution is 1.04. The van der Waals surface area contributed by atoms with Crippen molar-refractivity contribution in [3.63, 3.8) is 0 Å². The Labute approximate surface area is 286 Å². The van der Waals surface area contributed by atoms with Crippen LogP contribution in [0, 0.1) is 0 Å². The van der Waals surface area contributed by atoms with Crippen molar-refractivity contribution in [1.29, 1.82) is 0 Å². The van der Waals surface area contributed by atoms with Gasteiger partial charge in [0.05, 0.1) is 0 Å². The van der Waals surface area contributed by atoms with Gasteiger partial charge in [0.2, 0.25) is 0 Å². The fourth-order valence-electron chi connectivity index (χ4n) is 6.70. The lowest BCUT2D eigenvalue weighted by Gasteiger charge is -2.15. The fourth-order valence-corrected chi connectivity index (χ4v) is 6.70. The molecule has 3 nitrogen and oxygen atoms in total. The van der Waals surface area contributed by atoms with Crippen LogP contribution < -0.4 is 0 Å². The molecule has 0 unspecified atom stereocenters. The van der Waals surface area contributed by atoms with Crippen LogP contribution in [0.5, 0.6) is 0 Å². The van der Waals surface area contributed by atoms with Gasteiger partial charge in [-0.1, -0.05) is 164 Å². The van der Waals surface area contributed by atoms with Gasteiger partial charge in [0.15, 0.2) is 17.5 Å². The summed E-state index contributed by atoms with van der Waals surface area (Å²) in [6.45, 7) is 6.16. The molecule has 232 valence electrons. The molecule has 1 heterocycles. The lowest BCUT2D eigenvalue weighted by Crippen LogP contribution is -2.02. The third kappa shape index (κ3) is 5.72. The molecule has 0 aliphatic heterocycles. The number of allylic oxidation sites excluding steroid dienone is 5. The van der Waals surface area contributed by atoms with Gasteiger partial charge < -0.3 is 0 Å². The molecular weight excluding hydrogens is 595 g/mol. The van der Waals surface area contributed by atoms with Crippen LogP contribution in [0.25, 0.3) is 77.4 Å². The Morgan fingerprint density at radius 3 is 1.59 bits per heavy atom. The molecule has 0 fully saturated rings. The number of nitrogens with zero attached hydrogens (tertiary/aromatic N) is 3. The summed E-state index contributed by atoms with van der Waals surface area (Å²) in [6, 6.07) is 53.0. The van der Waals surface area contributed by atoms with E-state index < -0.39 is 0 Å². The Bertz CT molecular complexity index is 2460. The van der Waals surface area contributed by atoms with Crippen LogP contribution in [0.15, 0.2) is 176 Å². The summed E-state index contributed by atoms with van der Waals surface area (Å²) in [5.41, 5.74) is 7.33. The minimum Gasteiger partial charge on any atom is -0.208 e. The summed E-state index contributed by atoms with van der Waals surface area (Å²) in [7, 11) is 0. The maximum absolute atomic E-state index is 4.97. The van der Waals surface area contributed by atoms with Crippen molar-refractivity contribution in [2.75, 3.05) is 0 Å². The van der Waals surface area contributed by atoms with Gasteiger partial charge in [0.25, 0.3) is 0 Å². The van der Waals surface area contributed by atoms with Crippen LogP contribution in [-0.4, -0.2) is 15.0 Å². The molecule has 49 heavy (non-hydrogen) atoms. The zero-order valence-corrected chi connectivity index (χ0v) is 27.2. The van der Waals surface area contributed by atoms with Crippen molar-refractivity contribution in [3.8, 4) is 33.9 Å². The summed E-state index contributed by atoms with van der Waals surface area (Å²) in [4.78, 5) is 14.8. The quantitative estimate of drug-likeness (QED) is 0.130. The summed E-state index contributed by atoms with van der Waals surface area (Å²) in [5, 5.41) is 7.62. The number of rotatable bonds is 7. The average Bonchev–Trinajstić information content (AvgIpc) is 3.18. The van der Waals surface area contributed by atoms with E-state index in [2.05, 4.69) is 111 Å². The van der Waals surface area contributed by atoms with Crippen LogP contribution in [0.3, 0.4) is 0 Å². The van der Waals surface area contributed by atoms with Crippen molar-refractivity contribution in [3.05, 3.63) is 188 Å². The zero-order valence-electron chi connectivity index (χ0n) is 27.2. The van der Waals surface area contributed by atoms with Gasteiger partial charge in [0.1, 0.15) is 0 Å². The molecule has 0 atom stereocenters. The number of benzene rings is 7. The summed E-state index contributed by atoms with van der Waals surface area (Å²) in [5.74, 6) is 1.85. The van der Waals surface area contributed by atoms with Crippen molar-refractivity contribution >= 4 is 43.5 Å². The van der Waals surface area contributed by atoms with E-state index in [9.17, 15) is 0 Å². The topological polar surface area (TPSA) is 38.7 Å². The van der Waals surface area contributed by atoms with Gasteiger partial charge in [-0.15, -0.1) is 0 Å². The molecule has 8 aromatic rings. The highest BCUT2D eigenvalue weighted by Crippen LogP contribution is 2.40. The van der Waals surface area contributed by atoms with Crippen LogP contribution in [0.1, 0.15) is 18.3 Å². The molecule has 0 spiro atoms. The van der Waals surface area contributed by atoms with Gasteiger partial charge in [-0.05, 0) is 73.6 Å². The van der Waals surface area contributed by atoms with E-state index in [1.54, 1.807) is 6.08 Å². The first-order valence-corrected chi connectivity index (χ1v) is 16.5. The Morgan fingerprint density at radius 2 is 1.00 bits per heavy atom. The molecule has 0 saturated heterocycles. The standard InChI is InChI=1S/C46H33N3/c1-3-16-36(46-48-44(32-17-6-4-7-18-32)47-45(49-46)33-19-8-5-9-20-33)29-31(2)34-21-14-22-35(30-34)37-27-15-28-42-40-24-11-10-23-38(40)39-25-12-13-26-41(39)43(37)42/h3-30H,1H2,2H3/b31-29+,36-16+. The lowest BCUT2D eigenvalue weighted by atomic mass is 9.89. The molecule has 0 radical (unpaired) electrons. The normalized spacial score (nSPS) is 12.1. The highest BCUT2D eigenvalue weighted by molar-refractivity contribution is 6.28. The van der Waals surface area contributed by atoms with Crippen LogP contribution in [0.4, 0.5) is 0 Å². The van der Waals surface area contributed by atoms with Gasteiger partial charge in [0, 0.05) is 16.7 Å². The van der Waals surface area contributed by atoms with E-state index in [0.717, 1.165) is 27.8 Å². The first-order valence-electron chi connectivity index (χ1n) is 16.5. The zero-order chi connectivity index (χ0) is 33.2. The first kappa shape index (κ1) is 29.9. The first-order chi connectivity index (χ1) is 24.2. The average molecular weight is 628 g/mol. The monoisotopic (exact) mass is 627 g/mol. The maximum atomic E-state index is 4.97. The van der Waals surface area contributed by atoms with E-state index in [0.29, 0.717) is 17.5 Å². The maximum Gasteiger partial charge on any atom is 0.164 e. The Balaban J connectivity index is 1.25. The SMILES string of the molecule is C=C/C=C(\C=C(/C)c1cccc(-c2cccc3c4ccccc4c4ccccc4c23)c1)c1nc(-c2ccccc2)nc(-c2ccccc2)n1. The molecule has 3 heteroatoms. The Hall–Kier alpha value is -6.45. The molecule has 0 amide bonds. The highest BCUT2D eigenvalue weighted by Gasteiger charge is 2.15. The molecule has 8 rings (SSSR count). The predicted molar refractivity (Wildman–Crippen MR) is 207 cm³/mol.